The lowest BCUT2D eigenvalue weighted by Gasteiger charge is -2.29. The van der Waals surface area contributed by atoms with Crippen LogP contribution in [0.25, 0.3) is 0 Å². The lowest BCUT2D eigenvalue weighted by atomic mass is 9.89. The predicted octanol–water partition coefficient (Wildman–Crippen LogP) is 1.94. The number of nitrogens with one attached hydrogen (secondary N) is 1. The molecular weight excluding hydrogens is 288 g/mol. The monoisotopic (exact) mass is 310 g/mol. The van der Waals surface area contributed by atoms with Crippen LogP contribution in [-0.4, -0.2) is 25.7 Å². The van der Waals surface area contributed by atoms with E-state index in [-0.39, 0.29) is 17.4 Å². The smallest absolute Gasteiger partial charge is 0.240 e. The summed E-state index contributed by atoms with van der Waals surface area (Å²) in [6.07, 6.45) is 0.755. The number of benzene rings is 1. The lowest BCUT2D eigenvalue weighted by molar-refractivity contribution is 0.0102. The molecule has 0 saturated carbocycles. The summed E-state index contributed by atoms with van der Waals surface area (Å²) in [4.78, 5) is 0.126. The van der Waals surface area contributed by atoms with Gasteiger partial charge in [0, 0.05) is 6.54 Å². The van der Waals surface area contributed by atoms with Crippen molar-refractivity contribution < 1.29 is 13.5 Å². The lowest BCUT2D eigenvalue weighted by Crippen LogP contribution is -2.45. The highest BCUT2D eigenvalue weighted by atomic mass is 32.2. The number of nitrogens with zero attached hydrogens (tertiary/aromatic N) is 1. The number of nitriles is 1. The summed E-state index contributed by atoms with van der Waals surface area (Å²) >= 11 is 0. The molecule has 0 heterocycles. The molecule has 0 aliphatic rings. The Bertz CT molecular complexity index is 645. The molecule has 0 amide bonds. The van der Waals surface area contributed by atoms with Gasteiger partial charge in [0.15, 0.2) is 0 Å². The normalized spacial score (nSPS) is 16.0. The van der Waals surface area contributed by atoms with Gasteiger partial charge in [0.1, 0.15) is 0 Å². The Kier molecular flexibility index (Phi) is 5.51. The molecule has 0 spiro atoms. The highest BCUT2D eigenvalue weighted by molar-refractivity contribution is 7.89. The number of rotatable bonds is 6. The highest BCUT2D eigenvalue weighted by Crippen LogP contribution is 2.21. The SMILES string of the molecule is CCC(C)C(C)(O)CNS(=O)(=O)c1ccc(C#N)cc1C. The first-order chi connectivity index (χ1) is 9.64. The van der Waals surface area contributed by atoms with Crippen LogP contribution < -0.4 is 4.72 Å². The molecule has 1 rings (SSSR count). The molecule has 0 aliphatic carbocycles. The largest absolute Gasteiger partial charge is 0.389 e. The van der Waals surface area contributed by atoms with Crippen molar-refractivity contribution in [2.24, 2.45) is 5.92 Å². The van der Waals surface area contributed by atoms with Crippen LogP contribution in [0.4, 0.5) is 0 Å². The second-order valence-corrected chi connectivity index (χ2v) is 7.32. The molecule has 0 saturated heterocycles. The Morgan fingerprint density at radius 1 is 1.48 bits per heavy atom. The fraction of sp³-hybridized carbons (Fsp3) is 0.533. The Morgan fingerprint density at radius 3 is 2.57 bits per heavy atom. The molecule has 2 N–H and O–H groups in total. The molecule has 2 atom stereocenters. The van der Waals surface area contributed by atoms with E-state index in [2.05, 4.69) is 4.72 Å². The molecule has 6 heteroatoms. The third kappa shape index (κ3) is 4.27. The molecule has 1 aromatic rings. The van der Waals surface area contributed by atoms with Crippen molar-refractivity contribution >= 4 is 10.0 Å². The Morgan fingerprint density at radius 2 is 2.10 bits per heavy atom. The molecule has 0 aromatic heterocycles. The summed E-state index contributed by atoms with van der Waals surface area (Å²) in [7, 11) is -3.71. The van der Waals surface area contributed by atoms with E-state index in [1.807, 2.05) is 19.9 Å². The summed E-state index contributed by atoms with van der Waals surface area (Å²) in [5.74, 6) is -0.0257. The molecule has 5 nitrogen and oxygen atoms in total. The zero-order valence-electron chi connectivity index (χ0n) is 12.8. The average Bonchev–Trinajstić information content (AvgIpc) is 2.44. The minimum absolute atomic E-state index is 0.0257. The third-order valence-electron chi connectivity index (χ3n) is 3.89. The number of aliphatic hydroxyl groups is 1. The van der Waals surface area contributed by atoms with Crippen LogP contribution in [0.5, 0.6) is 0 Å². The molecular formula is C15H22N2O3S. The second kappa shape index (κ2) is 6.56. The van der Waals surface area contributed by atoms with Crippen LogP contribution in [0.2, 0.25) is 0 Å². The maximum Gasteiger partial charge on any atom is 0.240 e. The van der Waals surface area contributed by atoms with Crippen molar-refractivity contribution in [3.05, 3.63) is 29.3 Å². The topological polar surface area (TPSA) is 90.2 Å². The van der Waals surface area contributed by atoms with E-state index in [9.17, 15) is 13.5 Å². The summed E-state index contributed by atoms with van der Waals surface area (Å²) in [5, 5.41) is 19.1. The number of hydrogen-bond donors (Lipinski definition) is 2. The van der Waals surface area contributed by atoms with Gasteiger partial charge in [-0.05, 0) is 43.5 Å². The minimum atomic E-state index is -3.71. The van der Waals surface area contributed by atoms with Gasteiger partial charge in [0.25, 0.3) is 0 Å². The van der Waals surface area contributed by atoms with Crippen molar-refractivity contribution in [1.82, 2.24) is 4.72 Å². The molecule has 0 fully saturated rings. The molecule has 0 bridgehead atoms. The Balaban J connectivity index is 2.96. The van der Waals surface area contributed by atoms with E-state index in [1.165, 1.54) is 18.2 Å². The fourth-order valence-electron chi connectivity index (χ4n) is 1.95. The first-order valence-corrected chi connectivity index (χ1v) is 8.35. The Hall–Kier alpha value is -1.42. The average molecular weight is 310 g/mol. The quantitative estimate of drug-likeness (QED) is 0.840. The van der Waals surface area contributed by atoms with Crippen LogP contribution in [0.1, 0.15) is 38.3 Å². The first-order valence-electron chi connectivity index (χ1n) is 6.87. The van der Waals surface area contributed by atoms with Gasteiger partial charge < -0.3 is 5.11 Å². The number of sulfonamides is 1. The third-order valence-corrected chi connectivity index (χ3v) is 5.45. The molecule has 1 aromatic carbocycles. The van der Waals surface area contributed by atoms with Gasteiger partial charge in [-0.25, -0.2) is 13.1 Å². The summed E-state index contributed by atoms with van der Waals surface area (Å²) < 4.78 is 27.1. The van der Waals surface area contributed by atoms with Crippen molar-refractivity contribution in [3.63, 3.8) is 0 Å². The number of hydrogen-bond acceptors (Lipinski definition) is 4. The van der Waals surface area contributed by atoms with Gasteiger partial charge in [-0.2, -0.15) is 5.26 Å². The van der Waals surface area contributed by atoms with E-state index >= 15 is 0 Å². The minimum Gasteiger partial charge on any atom is -0.389 e. The van der Waals surface area contributed by atoms with E-state index in [4.69, 9.17) is 5.26 Å². The van der Waals surface area contributed by atoms with Gasteiger partial charge >= 0.3 is 0 Å². The van der Waals surface area contributed by atoms with Crippen molar-refractivity contribution in [1.29, 1.82) is 5.26 Å². The van der Waals surface area contributed by atoms with Crippen LogP contribution in [-0.2, 0) is 10.0 Å². The molecule has 21 heavy (non-hydrogen) atoms. The van der Waals surface area contributed by atoms with Gasteiger partial charge in [-0.3, -0.25) is 0 Å². The van der Waals surface area contributed by atoms with Crippen molar-refractivity contribution in [3.8, 4) is 6.07 Å². The van der Waals surface area contributed by atoms with E-state index in [0.717, 1.165) is 6.42 Å². The molecule has 116 valence electrons. The Labute approximate surface area is 126 Å². The molecule has 0 aliphatic heterocycles. The summed E-state index contributed by atoms with van der Waals surface area (Å²) in [6, 6.07) is 6.38. The second-order valence-electron chi connectivity index (χ2n) is 5.58. The van der Waals surface area contributed by atoms with Crippen molar-refractivity contribution in [2.45, 2.75) is 44.6 Å². The summed E-state index contributed by atoms with van der Waals surface area (Å²) in [6.45, 7) is 7.03. The van der Waals surface area contributed by atoms with Gasteiger partial charge in [-0.15, -0.1) is 0 Å². The first kappa shape index (κ1) is 17.6. The van der Waals surface area contributed by atoms with E-state index in [0.29, 0.717) is 11.1 Å². The van der Waals surface area contributed by atoms with Crippen LogP contribution in [0.3, 0.4) is 0 Å². The van der Waals surface area contributed by atoms with Crippen molar-refractivity contribution in [2.75, 3.05) is 6.54 Å². The maximum absolute atomic E-state index is 12.3. The van der Waals surface area contributed by atoms with E-state index < -0.39 is 15.6 Å². The standard InChI is InChI=1S/C15H22N2O3S/c1-5-12(3)15(4,18)10-17-21(19,20)14-7-6-13(9-16)8-11(14)2/h6-8,12,17-18H,5,10H2,1-4H3. The van der Waals surface area contributed by atoms with Gasteiger partial charge in [-0.1, -0.05) is 20.3 Å². The maximum atomic E-state index is 12.3. The van der Waals surface area contributed by atoms with Gasteiger partial charge in [0.2, 0.25) is 10.0 Å². The van der Waals surface area contributed by atoms with E-state index in [1.54, 1.807) is 13.8 Å². The summed E-state index contributed by atoms with van der Waals surface area (Å²) in [5.41, 5.74) is -0.190. The molecule has 0 radical (unpaired) electrons. The zero-order chi connectivity index (χ0) is 16.3. The highest BCUT2D eigenvalue weighted by Gasteiger charge is 2.29. The van der Waals surface area contributed by atoms with Gasteiger partial charge in [0.05, 0.1) is 22.1 Å². The number of aryl methyl sites for hydroxylation is 1. The van der Waals surface area contributed by atoms with Crippen LogP contribution in [0, 0.1) is 24.2 Å². The van der Waals surface area contributed by atoms with Crippen LogP contribution >= 0.6 is 0 Å². The fourth-order valence-corrected chi connectivity index (χ4v) is 3.32. The zero-order valence-corrected chi connectivity index (χ0v) is 13.7. The predicted molar refractivity (Wildman–Crippen MR) is 81.2 cm³/mol. The molecule has 2 unspecified atom stereocenters. The van der Waals surface area contributed by atoms with Crippen LogP contribution in [0.15, 0.2) is 23.1 Å².